The Balaban J connectivity index is 1.90. The number of aryl methyl sites for hydroxylation is 2. The standard InChI is InChI=1S/C18H17F3N4O2/c1-10-8-13(14-15(22-10)25(3)23-16(14)26)17(27)24(2)9-11-4-6-12(7-5-11)18(19,20)21/h4-8H,9H2,1-3H3,(H,23,26). The molecule has 3 rings (SSSR count). The molecule has 3 aromatic rings. The number of benzene rings is 1. The van der Waals surface area contributed by atoms with Gasteiger partial charge in [0.05, 0.1) is 16.5 Å². The van der Waals surface area contributed by atoms with Gasteiger partial charge in [0.15, 0.2) is 5.65 Å². The number of pyridine rings is 1. The van der Waals surface area contributed by atoms with Crippen LogP contribution in [0.15, 0.2) is 35.1 Å². The van der Waals surface area contributed by atoms with E-state index in [0.29, 0.717) is 16.9 Å². The van der Waals surface area contributed by atoms with Crippen LogP contribution >= 0.6 is 0 Å². The zero-order chi connectivity index (χ0) is 19.9. The molecule has 0 atom stereocenters. The first-order valence-electron chi connectivity index (χ1n) is 8.06. The van der Waals surface area contributed by atoms with Crippen molar-refractivity contribution in [1.82, 2.24) is 19.7 Å². The summed E-state index contributed by atoms with van der Waals surface area (Å²) in [5.74, 6) is -0.415. The Hall–Kier alpha value is -3.10. The van der Waals surface area contributed by atoms with E-state index >= 15 is 0 Å². The number of carbonyl (C=O) groups is 1. The second kappa shape index (κ2) is 6.57. The lowest BCUT2D eigenvalue weighted by atomic mass is 10.1. The van der Waals surface area contributed by atoms with E-state index in [1.54, 1.807) is 14.0 Å². The highest BCUT2D eigenvalue weighted by molar-refractivity contribution is 6.05. The monoisotopic (exact) mass is 378 g/mol. The molecule has 0 radical (unpaired) electrons. The molecular weight excluding hydrogens is 361 g/mol. The summed E-state index contributed by atoms with van der Waals surface area (Å²) in [7, 11) is 3.15. The zero-order valence-electron chi connectivity index (χ0n) is 14.9. The lowest BCUT2D eigenvalue weighted by Crippen LogP contribution is -2.27. The fraction of sp³-hybridized carbons (Fsp3) is 0.278. The summed E-state index contributed by atoms with van der Waals surface area (Å²) in [5.41, 5.74) is 0.514. The molecule has 6 nitrogen and oxygen atoms in total. The first-order chi connectivity index (χ1) is 12.6. The summed E-state index contributed by atoms with van der Waals surface area (Å²) in [6, 6.07) is 6.14. The molecule has 0 spiro atoms. The molecule has 2 heterocycles. The Morgan fingerprint density at radius 1 is 1.26 bits per heavy atom. The highest BCUT2D eigenvalue weighted by atomic mass is 19.4. The molecule has 0 saturated heterocycles. The Morgan fingerprint density at radius 2 is 1.89 bits per heavy atom. The fourth-order valence-corrected chi connectivity index (χ4v) is 2.90. The van der Waals surface area contributed by atoms with Crippen LogP contribution < -0.4 is 5.56 Å². The number of halogens is 3. The first kappa shape index (κ1) is 18.7. The Bertz CT molecular complexity index is 1070. The third-order valence-electron chi connectivity index (χ3n) is 4.22. The minimum absolute atomic E-state index is 0.102. The number of hydrogen-bond donors (Lipinski definition) is 1. The van der Waals surface area contributed by atoms with Gasteiger partial charge in [-0.1, -0.05) is 12.1 Å². The van der Waals surface area contributed by atoms with Crippen molar-refractivity contribution in [1.29, 1.82) is 0 Å². The van der Waals surface area contributed by atoms with Crippen LogP contribution in [0.1, 0.15) is 27.2 Å². The van der Waals surface area contributed by atoms with E-state index in [2.05, 4.69) is 10.1 Å². The smallest absolute Gasteiger partial charge is 0.337 e. The summed E-state index contributed by atoms with van der Waals surface area (Å²) in [4.78, 5) is 30.6. The van der Waals surface area contributed by atoms with Crippen LogP contribution in [0, 0.1) is 6.92 Å². The van der Waals surface area contributed by atoms with Gasteiger partial charge in [0.25, 0.3) is 11.5 Å². The van der Waals surface area contributed by atoms with Gasteiger partial charge in [0.1, 0.15) is 0 Å². The molecule has 142 valence electrons. The lowest BCUT2D eigenvalue weighted by molar-refractivity contribution is -0.137. The summed E-state index contributed by atoms with van der Waals surface area (Å²) in [5, 5.41) is 2.76. The van der Waals surface area contributed by atoms with Crippen molar-refractivity contribution in [3.05, 3.63) is 63.1 Å². The quantitative estimate of drug-likeness (QED) is 0.762. The Labute approximate surface area is 152 Å². The zero-order valence-corrected chi connectivity index (χ0v) is 14.9. The number of aromatic nitrogens is 3. The fourth-order valence-electron chi connectivity index (χ4n) is 2.90. The van der Waals surface area contributed by atoms with E-state index in [1.807, 2.05) is 0 Å². The van der Waals surface area contributed by atoms with E-state index in [4.69, 9.17) is 0 Å². The molecule has 0 unspecified atom stereocenters. The van der Waals surface area contributed by atoms with Gasteiger partial charge in [-0.25, -0.2) is 4.98 Å². The van der Waals surface area contributed by atoms with Gasteiger partial charge < -0.3 is 4.90 Å². The molecule has 1 N–H and O–H groups in total. The van der Waals surface area contributed by atoms with E-state index in [9.17, 15) is 22.8 Å². The van der Waals surface area contributed by atoms with Gasteiger partial charge >= 0.3 is 6.18 Å². The summed E-state index contributed by atoms with van der Waals surface area (Å²) >= 11 is 0. The molecule has 9 heteroatoms. The molecule has 1 amide bonds. The maximum absolute atomic E-state index is 12.9. The topological polar surface area (TPSA) is 71.0 Å². The highest BCUT2D eigenvalue weighted by Gasteiger charge is 2.30. The van der Waals surface area contributed by atoms with Crippen molar-refractivity contribution in [3.8, 4) is 0 Å². The lowest BCUT2D eigenvalue weighted by Gasteiger charge is -2.18. The molecule has 0 aliphatic carbocycles. The van der Waals surface area contributed by atoms with Crippen LogP contribution in [-0.4, -0.2) is 32.6 Å². The average molecular weight is 378 g/mol. The maximum atomic E-state index is 12.9. The number of nitrogens with one attached hydrogen (secondary N) is 1. The van der Waals surface area contributed by atoms with E-state index < -0.39 is 23.2 Å². The van der Waals surface area contributed by atoms with Crippen molar-refractivity contribution in [2.75, 3.05) is 7.05 Å². The average Bonchev–Trinajstić information content (AvgIpc) is 2.87. The number of rotatable bonds is 3. The van der Waals surface area contributed by atoms with E-state index in [0.717, 1.165) is 12.1 Å². The molecule has 0 aliphatic heterocycles. The van der Waals surface area contributed by atoms with Crippen molar-refractivity contribution in [2.45, 2.75) is 19.6 Å². The number of alkyl halides is 3. The number of carbonyl (C=O) groups excluding carboxylic acids is 1. The normalized spacial score (nSPS) is 11.8. The number of aromatic amines is 1. The van der Waals surface area contributed by atoms with Gasteiger partial charge in [-0.15, -0.1) is 0 Å². The van der Waals surface area contributed by atoms with Crippen molar-refractivity contribution in [2.24, 2.45) is 7.05 Å². The van der Waals surface area contributed by atoms with E-state index in [-0.39, 0.29) is 17.5 Å². The molecular formula is C18H17F3N4O2. The van der Waals surface area contributed by atoms with Gasteiger partial charge in [0, 0.05) is 26.3 Å². The van der Waals surface area contributed by atoms with Crippen LogP contribution in [0.25, 0.3) is 11.0 Å². The molecule has 0 bridgehead atoms. The Kier molecular flexibility index (Phi) is 4.54. The molecule has 0 aliphatic rings. The van der Waals surface area contributed by atoms with Crippen LogP contribution in [0.4, 0.5) is 13.2 Å². The van der Waals surface area contributed by atoms with Crippen LogP contribution in [0.3, 0.4) is 0 Å². The molecule has 1 aromatic carbocycles. The van der Waals surface area contributed by atoms with Gasteiger partial charge in [-0.2, -0.15) is 13.2 Å². The van der Waals surface area contributed by atoms with Gasteiger partial charge in [0.2, 0.25) is 0 Å². The van der Waals surface area contributed by atoms with Crippen molar-refractivity contribution in [3.63, 3.8) is 0 Å². The maximum Gasteiger partial charge on any atom is 0.416 e. The first-order valence-corrected chi connectivity index (χ1v) is 8.06. The van der Waals surface area contributed by atoms with E-state index in [1.165, 1.54) is 34.8 Å². The van der Waals surface area contributed by atoms with Gasteiger partial charge in [-0.05, 0) is 30.7 Å². The minimum Gasteiger partial charge on any atom is -0.337 e. The predicted octanol–water partition coefficient (Wildman–Crippen LogP) is 2.86. The second-order valence-corrected chi connectivity index (χ2v) is 6.37. The molecule has 0 fully saturated rings. The third kappa shape index (κ3) is 3.57. The minimum atomic E-state index is -4.41. The van der Waals surface area contributed by atoms with Crippen molar-refractivity contribution < 1.29 is 18.0 Å². The number of nitrogens with zero attached hydrogens (tertiary/aromatic N) is 3. The predicted molar refractivity (Wildman–Crippen MR) is 93.3 cm³/mol. The van der Waals surface area contributed by atoms with Crippen LogP contribution in [-0.2, 0) is 19.8 Å². The second-order valence-electron chi connectivity index (χ2n) is 6.37. The summed E-state index contributed by atoms with van der Waals surface area (Å²) in [6.45, 7) is 1.81. The number of hydrogen-bond acceptors (Lipinski definition) is 3. The van der Waals surface area contributed by atoms with Crippen LogP contribution in [0.5, 0.6) is 0 Å². The largest absolute Gasteiger partial charge is 0.416 e. The molecule has 2 aromatic heterocycles. The molecule has 0 saturated carbocycles. The summed E-state index contributed by atoms with van der Waals surface area (Å²) in [6.07, 6.45) is -4.41. The number of fused-ring (bicyclic) bond motifs is 1. The SMILES string of the molecule is Cc1cc(C(=O)N(C)Cc2ccc(C(F)(F)F)cc2)c2c(=O)[nH]n(C)c2n1. The molecule has 27 heavy (non-hydrogen) atoms. The summed E-state index contributed by atoms with van der Waals surface area (Å²) < 4.78 is 39.4. The third-order valence-corrected chi connectivity index (χ3v) is 4.22. The Morgan fingerprint density at radius 3 is 2.48 bits per heavy atom. The highest BCUT2D eigenvalue weighted by Crippen LogP contribution is 2.29. The number of amides is 1. The van der Waals surface area contributed by atoms with Crippen LogP contribution in [0.2, 0.25) is 0 Å². The van der Waals surface area contributed by atoms with Crippen molar-refractivity contribution >= 4 is 16.9 Å². The van der Waals surface area contributed by atoms with Gasteiger partial charge in [-0.3, -0.25) is 19.4 Å². The number of H-pyrrole nitrogens is 1.